The van der Waals surface area contributed by atoms with Gasteiger partial charge in [-0.25, -0.2) is 4.98 Å². The van der Waals surface area contributed by atoms with Crippen LogP contribution in [0.2, 0.25) is 0 Å². The first-order chi connectivity index (χ1) is 5.72. The highest BCUT2D eigenvalue weighted by Crippen LogP contribution is 2.12. The van der Waals surface area contributed by atoms with Crippen LogP contribution in [-0.4, -0.2) is 11.0 Å². The minimum atomic E-state index is -0.273. The minimum absolute atomic E-state index is 0.273. The van der Waals surface area contributed by atoms with Crippen LogP contribution in [0, 0.1) is 0 Å². The van der Waals surface area contributed by atoms with Gasteiger partial charge in [-0.2, -0.15) is 0 Å². The van der Waals surface area contributed by atoms with E-state index in [0.29, 0.717) is 12.3 Å². The Morgan fingerprint density at radius 2 is 2.42 bits per heavy atom. The average molecular weight is 230 g/mol. The number of esters is 1. The first-order valence-corrected chi connectivity index (χ1v) is 4.34. The average Bonchev–Trinajstić information content (AvgIpc) is 2.09. The molecule has 4 heteroatoms. The molecule has 64 valence electrons. The second-order valence-corrected chi connectivity index (χ2v) is 3.06. The van der Waals surface area contributed by atoms with E-state index in [2.05, 4.69) is 20.9 Å². The van der Waals surface area contributed by atoms with E-state index in [9.17, 15) is 4.79 Å². The summed E-state index contributed by atoms with van der Waals surface area (Å²) in [6.07, 6.45) is 1.94. The lowest BCUT2D eigenvalue weighted by molar-refractivity contribution is -0.134. The molecule has 0 bridgehead atoms. The fourth-order valence-corrected chi connectivity index (χ4v) is 0.846. The Labute approximate surface area is 78.9 Å². The normalized spacial score (nSPS) is 9.50. The zero-order valence-corrected chi connectivity index (χ0v) is 8.17. The maximum atomic E-state index is 10.8. The summed E-state index contributed by atoms with van der Waals surface area (Å²) < 4.78 is 5.71. The van der Waals surface area contributed by atoms with Crippen LogP contribution in [0.15, 0.2) is 22.8 Å². The number of carbonyl (C=O) groups is 1. The van der Waals surface area contributed by atoms with Crippen LogP contribution in [0.3, 0.4) is 0 Å². The van der Waals surface area contributed by atoms with E-state index in [0.717, 1.165) is 4.47 Å². The molecule has 1 rings (SSSR count). The van der Waals surface area contributed by atoms with Gasteiger partial charge in [-0.15, -0.1) is 0 Å². The van der Waals surface area contributed by atoms with Gasteiger partial charge in [-0.3, -0.25) is 4.79 Å². The summed E-state index contributed by atoms with van der Waals surface area (Å²) in [5.74, 6) is 0.0647. The fourth-order valence-electron chi connectivity index (χ4n) is 0.611. The molecule has 0 aliphatic carbocycles. The van der Waals surface area contributed by atoms with Gasteiger partial charge < -0.3 is 4.74 Å². The monoisotopic (exact) mass is 229 g/mol. The van der Waals surface area contributed by atoms with Crippen LogP contribution in [0.5, 0.6) is 5.88 Å². The molecule has 0 fully saturated rings. The number of ether oxygens (including phenoxy) is 1. The number of pyridine rings is 1. The van der Waals surface area contributed by atoms with E-state index in [1.54, 1.807) is 25.3 Å². The molecule has 12 heavy (non-hydrogen) atoms. The second-order valence-electron chi connectivity index (χ2n) is 2.14. The summed E-state index contributed by atoms with van der Waals surface area (Å²) >= 11 is 3.23. The number of hydrogen-bond acceptors (Lipinski definition) is 3. The van der Waals surface area contributed by atoms with Crippen LogP contribution in [0.25, 0.3) is 0 Å². The van der Waals surface area contributed by atoms with Crippen LogP contribution in [0.1, 0.15) is 13.3 Å². The Balaban J connectivity index is 2.64. The molecule has 0 amide bonds. The van der Waals surface area contributed by atoms with Crippen molar-refractivity contribution < 1.29 is 9.53 Å². The van der Waals surface area contributed by atoms with Gasteiger partial charge in [0, 0.05) is 23.2 Å². The predicted octanol–water partition coefficient (Wildman–Crippen LogP) is 2.16. The van der Waals surface area contributed by atoms with Crippen molar-refractivity contribution in [2.45, 2.75) is 13.3 Å². The van der Waals surface area contributed by atoms with Crippen LogP contribution in [-0.2, 0) is 4.79 Å². The highest BCUT2D eigenvalue weighted by atomic mass is 79.9. The smallest absolute Gasteiger partial charge is 0.312 e. The molecule has 1 heterocycles. The molecular weight excluding hydrogens is 222 g/mol. The van der Waals surface area contributed by atoms with Crippen molar-refractivity contribution in [2.24, 2.45) is 0 Å². The first-order valence-electron chi connectivity index (χ1n) is 3.54. The van der Waals surface area contributed by atoms with E-state index in [1.165, 1.54) is 0 Å². The van der Waals surface area contributed by atoms with Crippen molar-refractivity contribution in [1.29, 1.82) is 0 Å². The fraction of sp³-hybridized carbons (Fsp3) is 0.250. The maximum Gasteiger partial charge on any atom is 0.312 e. The number of hydrogen-bond donors (Lipinski definition) is 0. The molecule has 0 aliphatic heterocycles. The molecule has 0 N–H and O–H groups in total. The SMILES string of the molecule is CCC(=O)Oc1ccc(Br)cn1. The third kappa shape index (κ3) is 2.62. The Kier molecular flexibility index (Phi) is 3.22. The lowest BCUT2D eigenvalue weighted by Crippen LogP contribution is -2.06. The lowest BCUT2D eigenvalue weighted by atomic mass is 10.5. The molecule has 0 aromatic carbocycles. The Morgan fingerprint density at radius 1 is 1.67 bits per heavy atom. The zero-order chi connectivity index (χ0) is 8.97. The molecule has 0 unspecified atom stereocenters. The van der Waals surface area contributed by atoms with Gasteiger partial charge >= 0.3 is 5.97 Å². The van der Waals surface area contributed by atoms with Gasteiger partial charge in [0.25, 0.3) is 0 Å². The third-order valence-corrected chi connectivity index (χ3v) is 1.68. The highest BCUT2D eigenvalue weighted by Gasteiger charge is 2.01. The summed E-state index contributed by atoms with van der Waals surface area (Å²) in [6.45, 7) is 1.74. The minimum Gasteiger partial charge on any atom is -0.407 e. The number of carbonyl (C=O) groups excluding carboxylic acids is 1. The van der Waals surface area contributed by atoms with Gasteiger partial charge in [-0.05, 0) is 22.0 Å². The molecule has 0 saturated heterocycles. The van der Waals surface area contributed by atoms with Crippen molar-refractivity contribution in [2.75, 3.05) is 0 Å². The number of nitrogens with zero attached hydrogens (tertiary/aromatic N) is 1. The quantitative estimate of drug-likeness (QED) is 0.730. The first kappa shape index (κ1) is 9.19. The van der Waals surface area contributed by atoms with E-state index in [4.69, 9.17) is 4.74 Å². The third-order valence-electron chi connectivity index (χ3n) is 1.21. The van der Waals surface area contributed by atoms with E-state index < -0.39 is 0 Å². The van der Waals surface area contributed by atoms with Crippen molar-refractivity contribution in [3.8, 4) is 5.88 Å². The van der Waals surface area contributed by atoms with Crippen LogP contribution in [0.4, 0.5) is 0 Å². The van der Waals surface area contributed by atoms with Crippen molar-refractivity contribution >= 4 is 21.9 Å². The Bertz CT molecular complexity index is 271. The number of halogens is 1. The summed E-state index contributed by atoms with van der Waals surface area (Å²) in [6, 6.07) is 3.41. The Hall–Kier alpha value is -0.900. The molecule has 0 saturated carbocycles. The van der Waals surface area contributed by atoms with Crippen LogP contribution >= 0.6 is 15.9 Å². The molecule has 1 aromatic heterocycles. The van der Waals surface area contributed by atoms with Gasteiger partial charge in [0.1, 0.15) is 0 Å². The molecule has 0 spiro atoms. The Morgan fingerprint density at radius 3 is 2.92 bits per heavy atom. The summed E-state index contributed by atoms with van der Waals surface area (Å²) in [7, 11) is 0. The van der Waals surface area contributed by atoms with E-state index >= 15 is 0 Å². The van der Waals surface area contributed by atoms with E-state index in [1.807, 2.05) is 0 Å². The van der Waals surface area contributed by atoms with Crippen molar-refractivity contribution in [3.05, 3.63) is 22.8 Å². The summed E-state index contributed by atoms with van der Waals surface area (Å²) in [5.41, 5.74) is 0. The molecule has 3 nitrogen and oxygen atoms in total. The van der Waals surface area contributed by atoms with Crippen molar-refractivity contribution in [3.63, 3.8) is 0 Å². The maximum absolute atomic E-state index is 10.8. The number of rotatable bonds is 2. The van der Waals surface area contributed by atoms with Gasteiger partial charge in [0.15, 0.2) is 0 Å². The van der Waals surface area contributed by atoms with Gasteiger partial charge in [-0.1, -0.05) is 6.92 Å². The largest absolute Gasteiger partial charge is 0.407 e. The highest BCUT2D eigenvalue weighted by molar-refractivity contribution is 9.10. The molecular formula is C8H8BrNO2. The van der Waals surface area contributed by atoms with Crippen LogP contribution < -0.4 is 4.74 Å². The second kappa shape index (κ2) is 4.21. The predicted molar refractivity (Wildman–Crippen MR) is 47.9 cm³/mol. The zero-order valence-electron chi connectivity index (χ0n) is 6.58. The van der Waals surface area contributed by atoms with Crippen molar-refractivity contribution in [1.82, 2.24) is 4.98 Å². The summed E-state index contributed by atoms with van der Waals surface area (Å²) in [4.78, 5) is 14.7. The standard InChI is InChI=1S/C8H8BrNO2/c1-2-8(11)12-7-4-3-6(9)5-10-7/h3-5H,2H2,1H3. The molecule has 1 aromatic rings. The summed E-state index contributed by atoms with van der Waals surface area (Å²) in [5, 5.41) is 0. The lowest BCUT2D eigenvalue weighted by Gasteiger charge is -1.99. The topological polar surface area (TPSA) is 39.2 Å². The van der Waals surface area contributed by atoms with Gasteiger partial charge in [0.05, 0.1) is 0 Å². The van der Waals surface area contributed by atoms with E-state index in [-0.39, 0.29) is 5.97 Å². The molecule has 0 aliphatic rings. The molecule has 0 radical (unpaired) electrons. The van der Waals surface area contributed by atoms with Gasteiger partial charge in [0.2, 0.25) is 5.88 Å². The number of aromatic nitrogens is 1. The molecule has 0 atom stereocenters.